The molecule has 3 aliphatic rings. The Morgan fingerprint density at radius 1 is 1.28 bits per heavy atom. The van der Waals surface area contributed by atoms with Gasteiger partial charge < -0.3 is 15.2 Å². The summed E-state index contributed by atoms with van der Waals surface area (Å²) >= 11 is 0. The monoisotopic (exact) mass is 462 g/mol. The van der Waals surface area contributed by atoms with Gasteiger partial charge in [0, 0.05) is 29.4 Å². The molecule has 1 aromatic heterocycles. The number of hydrogen-bond acceptors (Lipinski definition) is 3. The lowest BCUT2D eigenvalue weighted by atomic mass is 9.70. The second-order valence-electron chi connectivity index (χ2n) is 9.08. The highest BCUT2D eigenvalue weighted by Gasteiger charge is 2.45. The summed E-state index contributed by atoms with van der Waals surface area (Å²) in [4.78, 5) is 17.7. The van der Waals surface area contributed by atoms with E-state index in [0.29, 0.717) is 19.0 Å². The Morgan fingerprint density at radius 3 is 2.72 bits per heavy atom. The van der Waals surface area contributed by atoms with Crippen LogP contribution < -0.4 is 0 Å². The lowest BCUT2D eigenvalue weighted by molar-refractivity contribution is -0.144. The highest BCUT2D eigenvalue weighted by Crippen LogP contribution is 2.49. The van der Waals surface area contributed by atoms with Crippen LogP contribution in [-0.4, -0.2) is 45.2 Å². The van der Waals surface area contributed by atoms with Crippen molar-refractivity contribution in [3.63, 3.8) is 0 Å². The van der Waals surface area contributed by atoms with Gasteiger partial charge >= 0.3 is 5.97 Å². The van der Waals surface area contributed by atoms with Gasteiger partial charge in [-0.15, -0.1) is 17.0 Å². The molecule has 2 aromatic rings. The number of H-pyrrole nitrogens is 1. The molecule has 0 spiro atoms. The van der Waals surface area contributed by atoms with Crippen LogP contribution in [0.1, 0.15) is 68.2 Å². The van der Waals surface area contributed by atoms with Crippen molar-refractivity contribution in [2.24, 2.45) is 5.92 Å². The van der Waals surface area contributed by atoms with Gasteiger partial charge in [-0.05, 0) is 49.4 Å². The summed E-state index contributed by atoms with van der Waals surface area (Å²) in [6.45, 7) is 3.62. The first-order valence-electron chi connectivity index (χ1n) is 10.8. The number of carbonyl (C=O) groups is 1. The summed E-state index contributed by atoms with van der Waals surface area (Å²) in [6.07, 6.45) is 6.62. The van der Waals surface area contributed by atoms with E-state index in [0.717, 1.165) is 49.9 Å². The number of fused-ring (bicyclic) bond motifs is 2. The Balaban J connectivity index is 0.00000205. The Labute approximate surface area is 182 Å². The first kappa shape index (κ1) is 20.9. The van der Waals surface area contributed by atoms with Crippen molar-refractivity contribution in [2.75, 3.05) is 13.1 Å². The van der Waals surface area contributed by atoms with E-state index in [1.807, 2.05) is 0 Å². The number of aromatic amines is 1. The molecule has 5 rings (SSSR count). The van der Waals surface area contributed by atoms with Crippen molar-refractivity contribution < 1.29 is 15.0 Å². The van der Waals surface area contributed by atoms with Gasteiger partial charge in [0.1, 0.15) is 5.60 Å². The zero-order valence-corrected chi connectivity index (χ0v) is 18.7. The average molecular weight is 463 g/mol. The van der Waals surface area contributed by atoms with Crippen molar-refractivity contribution in [1.29, 1.82) is 0 Å². The van der Waals surface area contributed by atoms with E-state index in [-0.39, 0.29) is 28.8 Å². The number of halogens is 1. The third-order valence-electron chi connectivity index (χ3n) is 7.60. The SMILES string of the molecule is Br.CCN1CC(C(=O)O)C[C@@H]2c3cccc4[nH]c(C5(O)CCCCC5)c(c34)C[C@H]21. The Hall–Kier alpha value is -1.37. The molecule has 1 saturated heterocycles. The standard InChI is InChI=1S/C23H30N2O3.BrH/c1-2-25-13-14(22(26)27)11-16-15-7-6-8-18-20(15)17(12-19(16)25)21(24-18)23(28)9-4-3-5-10-23;/h6-8,14,16,19,24,28H,2-5,9-13H2,1H3,(H,26,27);1H/t14?,16-,19-;/m1./s1. The molecule has 1 saturated carbocycles. The normalized spacial score (nSPS) is 28.6. The number of rotatable bonds is 3. The van der Waals surface area contributed by atoms with E-state index in [9.17, 15) is 15.0 Å². The van der Waals surface area contributed by atoms with Gasteiger partial charge in [-0.2, -0.15) is 0 Å². The number of nitrogens with one attached hydrogen (secondary N) is 1. The summed E-state index contributed by atoms with van der Waals surface area (Å²) in [5.41, 5.74) is 3.94. The highest BCUT2D eigenvalue weighted by atomic mass is 79.9. The third-order valence-corrected chi connectivity index (χ3v) is 7.60. The van der Waals surface area contributed by atoms with Crippen LogP contribution in [0.5, 0.6) is 0 Å². The second-order valence-corrected chi connectivity index (χ2v) is 9.08. The molecular weight excluding hydrogens is 432 g/mol. The summed E-state index contributed by atoms with van der Waals surface area (Å²) in [5.74, 6) is -0.740. The molecule has 2 aliphatic carbocycles. The molecule has 5 nitrogen and oxygen atoms in total. The van der Waals surface area contributed by atoms with Crippen LogP contribution in [-0.2, 0) is 16.8 Å². The second kappa shape index (κ2) is 7.71. The Morgan fingerprint density at radius 2 is 2.03 bits per heavy atom. The number of aliphatic hydroxyl groups is 1. The van der Waals surface area contributed by atoms with E-state index in [1.54, 1.807) is 0 Å². The molecule has 3 atom stereocenters. The molecule has 2 heterocycles. The molecule has 6 heteroatoms. The molecule has 0 amide bonds. The van der Waals surface area contributed by atoms with Gasteiger partial charge in [-0.25, -0.2) is 0 Å². The minimum Gasteiger partial charge on any atom is -0.481 e. The van der Waals surface area contributed by atoms with Gasteiger partial charge in [0.15, 0.2) is 0 Å². The largest absolute Gasteiger partial charge is 0.481 e. The van der Waals surface area contributed by atoms with Crippen molar-refractivity contribution in [1.82, 2.24) is 9.88 Å². The molecule has 1 aromatic carbocycles. The fraction of sp³-hybridized carbons (Fsp3) is 0.609. The number of carboxylic acids is 1. The zero-order chi connectivity index (χ0) is 19.5. The molecule has 0 radical (unpaired) electrons. The van der Waals surface area contributed by atoms with Gasteiger partial charge in [0.05, 0.1) is 11.6 Å². The topological polar surface area (TPSA) is 76.6 Å². The average Bonchev–Trinajstić information content (AvgIpc) is 3.09. The molecule has 29 heavy (non-hydrogen) atoms. The van der Waals surface area contributed by atoms with Crippen LogP contribution in [0, 0.1) is 5.92 Å². The van der Waals surface area contributed by atoms with Gasteiger partial charge in [0.25, 0.3) is 0 Å². The first-order chi connectivity index (χ1) is 13.5. The fourth-order valence-electron chi connectivity index (χ4n) is 6.21. The number of aliphatic carboxylic acids is 1. The lowest BCUT2D eigenvalue weighted by Gasteiger charge is -2.46. The maximum atomic E-state index is 11.8. The van der Waals surface area contributed by atoms with Crippen LogP contribution in [0.4, 0.5) is 0 Å². The van der Waals surface area contributed by atoms with Gasteiger partial charge in [0.2, 0.25) is 0 Å². The summed E-state index contributed by atoms with van der Waals surface area (Å²) in [7, 11) is 0. The van der Waals surface area contributed by atoms with Crippen molar-refractivity contribution in [3.05, 3.63) is 35.0 Å². The summed E-state index contributed by atoms with van der Waals surface area (Å²) < 4.78 is 0. The summed E-state index contributed by atoms with van der Waals surface area (Å²) in [6, 6.07) is 6.69. The number of nitrogens with zero attached hydrogens (tertiary/aromatic N) is 1. The molecule has 1 aliphatic heterocycles. The zero-order valence-electron chi connectivity index (χ0n) is 17.0. The van der Waals surface area contributed by atoms with Crippen molar-refractivity contribution in [3.8, 4) is 0 Å². The van der Waals surface area contributed by atoms with Crippen molar-refractivity contribution >= 4 is 33.9 Å². The molecule has 3 N–H and O–H groups in total. The molecule has 158 valence electrons. The maximum absolute atomic E-state index is 11.8. The molecular formula is C23H31BrN2O3. The highest BCUT2D eigenvalue weighted by molar-refractivity contribution is 8.93. The van der Waals surface area contributed by atoms with E-state index in [4.69, 9.17) is 0 Å². The predicted molar refractivity (Wildman–Crippen MR) is 119 cm³/mol. The van der Waals surface area contributed by atoms with Crippen LogP contribution in [0.3, 0.4) is 0 Å². The Kier molecular flexibility index (Phi) is 5.55. The lowest BCUT2D eigenvalue weighted by Crippen LogP contribution is -2.51. The van der Waals surface area contributed by atoms with Crippen LogP contribution >= 0.6 is 17.0 Å². The number of benzene rings is 1. The molecule has 0 bridgehead atoms. The molecule has 1 unspecified atom stereocenters. The number of piperidine rings is 1. The van der Waals surface area contributed by atoms with Crippen molar-refractivity contribution in [2.45, 2.75) is 69.4 Å². The Bertz CT molecular complexity index is 918. The number of likely N-dealkylation sites (N-methyl/N-ethyl adjacent to an activating group) is 1. The minimum atomic E-state index is -0.744. The number of hydrogen-bond donors (Lipinski definition) is 3. The van der Waals surface area contributed by atoms with Crippen LogP contribution in [0.25, 0.3) is 10.9 Å². The third kappa shape index (κ3) is 3.24. The van der Waals surface area contributed by atoms with Crippen LogP contribution in [0.15, 0.2) is 18.2 Å². The smallest absolute Gasteiger partial charge is 0.307 e. The minimum absolute atomic E-state index is 0. The van der Waals surface area contributed by atoms with E-state index in [2.05, 4.69) is 35.0 Å². The number of carboxylic acid groups (broad SMARTS) is 1. The predicted octanol–water partition coefficient (Wildman–Crippen LogP) is 4.33. The number of likely N-dealkylation sites (tertiary alicyclic amines) is 1. The van der Waals surface area contributed by atoms with E-state index >= 15 is 0 Å². The van der Waals surface area contributed by atoms with Crippen LogP contribution in [0.2, 0.25) is 0 Å². The quantitative estimate of drug-likeness (QED) is 0.634. The van der Waals surface area contributed by atoms with E-state index in [1.165, 1.54) is 22.9 Å². The van der Waals surface area contributed by atoms with Gasteiger partial charge in [-0.1, -0.05) is 38.3 Å². The first-order valence-corrected chi connectivity index (χ1v) is 10.8. The summed E-state index contributed by atoms with van der Waals surface area (Å²) in [5, 5.41) is 22.4. The van der Waals surface area contributed by atoms with E-state index < -0.39 is 11.6 Å². The number of aromatic nitrogens is 1. The van der Waals surface area contributed by atoms with Gasteiger partial charge in [-0.3, -0.25) is 9.69 Å². The maximum Gasteiger partial charge on any atom is 0.307 e. The molecule has 2 fully saturated rings. The fourth-order valence-corrected chi connectivity index (χ4v) is 6.21.